The molecule has 5 aliphatic rings. The summed E-state index contributed by atoms with van der Waals surface area (Å²) in [6.45, 7) is 5.71. The lowest BCUT2D eigenvalue weighted by Crippen LogP contribution is -2.76. The van der Waals surface area contributed by atoms with Gasteiger partial charge in [0.25, 0.3) is 0 Å². The largest absolute Gasteiger partial charge is 0.381 e. The quantitative estimate of drug-likeness (QED) is 0.698. The molecule has 5 nitrogen and oxygen atoms in total. The van der Waals surface area contributed by atoms with Crippen LogP contribution in [0.2, 0.25) is 0 Å². The second-order valence-corrected chi connectivity index (χ2v) is 10.1. The second kappa shape index (κ2) is 8.23. The summed E-state index contributed by atoms with van der Waals surface area (Å²) in [4.78, 5) is 17.6. The van der Waals surface area contributed by atoms with Gasteiger partial charge in [0.1, 0.15) is 0 Å². The molecule has 3 saturated heterocycles. The molecule has 0 aromatic heterocycles. The van der Waals surface area contributed by atoms with E-state index < -0.39 is 0 Å². The Bertz CT molecular complexity index is 544. The molecule has 1 unspecified atom stereocenters. The highest BCUT2D eigenvalue weighted by molar-refractivity contribution is 5.76. The Labute approximate surface area is 170 Å². The van der Waals surface area contributed by atoms with Gasteiger partial charge in [0.05, 0.1) is 11.6 Å². The van der Waals surface area contributed by atoms with Crippen LogP contribution in [0.5, 0.6) is 0 Å². The number of carbonyl (C=O) groups excluding carboxylic acids is 1. The molecule has 5 rings (SSSR count). The van der Waals surface area contributed by atoms with E-state index in [0.717, 1.165) is 77.5 Å². The molecule has 0 radical (unpaired) electrons. The van der Waals surface area contributed by atoms with Gasteiger partial charge in [0.15, 0.2) is 0 Å². The van der Waals surface area contributed by atoms with Crippen molar-refractivity contribution in [2.24, 2.45) is 11.8 Å². The zero-order valence-corrected chi connectivity index (χ0v) is 17.4. The zero-order valence-electron chi connectivity index (χ0n) is 17.4. The van der Waals surface area contributed by atoms with Gasteiger partial charge in [-0.25, -0.2) is 0 Å². The highest BCUT2D eigenvalue weighted by atomic mass is 16.5. The Kier molecular flexibility index (Phi) is 5.68. The van der Waals surface area contributed by atoms with Gasteiger partial charge >= 0.3 is 0 Å². The lowest BCUT2D eigenvalue weighted by molar-refractivity contribution is -0.217. The van der Waals surface area contributed by atoms with Crippen molar-refractivity contribution < 1.29 is 14.3 Å². The summed E-state index contributed by atoms with van der Waals surface area (Å²) in [5.41, 5.74) is 0.216. The van der Waals surface area contributed by atoms with Gasteiger partial charge < -0.3 is 14.4 Å². The predicted molar refractivity (Wildman–Crippen MR) is 108 cm³/mol. The SMILES string of the molecule is O=C(CC1CCCC1)N1CCC(N2CC(OCC3CC3)C23CCOCC3)CC1. The first-order valence-corrected chi connectivity index (χ1v) is 12.0. The third-order valence-electron chi connectivity index (χ3n) is 8.32. The molecule has 1 spiro atoms. The Morgan fingerprint density at radius 3 is 2.36 bits per heavy atom. The molecule has 3 aliphatic heterocycles. The fourth-order valence-corrected chi connectivity index (χ4v) is 6.21. The van der Waals surface area contributed by atoms with Crippen molar-refractivity contribution in [2.45, 2.75) is 88.3 Å². The number of hydrogen-bond acceptors (Lipinski definition) is 4. The maximum Gasteiger partial charge on any atom is 0.222 e. The topological polar surface area (TPSA) is 42.0 Å². The number of hydrogen-bond donors (Lipinski definition) is 0. The van der Waals surface area contributed by atoms with Crippen LogP contribution in [-0.2, 0) is 14.3 Å². The fraction of sp³-hybridized carbons (Fsp3) is 0.957. The predicted octanol–water partition coefficient (Wildman–Crippen LogP) is 3.22. The summed E-state index contributed by atoms with van der Waals surface area (Å²) in [7, 11) is 0. The van der Waals surface area contributed by atoms with Crippen molar-refractivity contribution in [1.82, 2.24) is 9.80 Å². The van der Waals surface area contributed by atoms with Crippen molar-refractivity contribution in [3.05, 3.63) is 0 Å². The Morgan fingerprint density at radius 1 is 0.964 bits per heavy atom. The maximum atomic E-state index is 12.7. The molecule has 0 bridgehead atoms. The Balaban J connectivity index is 1.14. The van der Waals surface area contributed by atoms with Gasteiger partial charge in [0.2, 0.25) is 5.91 Å². The smallest absolute Gasteiger partial charge is 0.222 e. The van der Waals surface area contributed by atoms with Gasteiger partial charge in [-0.15, -0.1) is 0 Å². The summed E-state index contributed by atoms with van der Waals surface area (Å²) in [5, 5.41) is 0. The van der Waals surface area contributed by atoms with Crippen LogP contribution in [0.1, 0.15) is 70.6 Å². The third kappa shape index (κ3) is 3.87. The van der Waals surface area contributed by atoms with Crippen LogP contribution in [0.25, 0.3) is 0 Å². The summed E-state index contributed by atoms with van der Waals surface area (Å²) in [5.74, 6) is 1.91. The normalized spacial score (nSPS) is 32.0. The molecule has 5 fully saturated rings. The number of likely N-dealkylation sites (tertiary alicyclic amines) is 2. The first kappa shape index (κ1) is 19.3. The molecule has 0 aromatic carbocycles. The maximum absolute atomic E-state index is 12.7. The summed E-state index contributed by atoms with van der Waals surface area (Å²) in [6, 6.07) is 0.620. The van der Waals surface area contributed by atoms with Crippen molar-refractivity contribution in [1.29, 1.82) is 0 Å². The van der Waals surface area contributed by atoms with E-state index >= 15 is 0 Å². The van der Waals surface area contributed by atoms with Crippen LogP contribution >= 0.6 is 0 Å². The van der Waals surface area contributed by atoms with Crippen molar-refractivity contribution in [2.75, 3.05) is 39.5 Å². The lowest BCUT2D eigenvalue weighted by atomic mass is 9.73. The second-order valence-electron chi connectivity index (χ2n) is 10.1. The minimum Gasteiger partial charge on any atom is -0.381 e. The fourth-order valence-electron chi connectivity index (χ4n) is 6.21. The van der Waals surface area contributed by atoms with Gasteiger partial charge in [-0.05, 0) is 63.2 Å². The Hall–Kier alpha value is -0.650. The number of amides is 1. The van der Waals surface area contributed by atoms with E-state index in [2.05, 4.69) is 9.80 Å². The molecule has 0 aromatic rings. The van der Waals surface area contributed by atoms with Gasteiger partial charge in [-0.2, -0.15) is 0 Å². The molecule has 28 heavy (non-hydrogen) atoms. The third-order valence-corrected chi connectivity index (χ3v) is 8.32. The monoisotopic (exact) mass is 390 g/mol. The Morgan fingerprint density at radius 2 is 1.68 bits per heavy atom. The summed E-state index contributed by atoms with van der Waals surface area (Å²) >= 11 is 0. The lowest BCUT2D eigenvalue weighted by Gasteiger charge is -2.63. The van der Waals surface area contributed by atoms with E-state index in [9.17, 15) is 4.79 Å². The molecule has 1 amide bonds. The van der Waals surface area contributed by atoms with Crippen LogP contribution in [0.15, 0.2) is 0 Å². The van der Waals surface area contributed by atoms with Gasteiger partial charge in [-0.3, -0.25) is 9.69 Å². The standard InChI is InChI=1S/C23H38N2O3/c26-22(15-18-3-1-2-4-18)24-11-7-20(8-12-24)25-16-21(28-17-19-5-6-19)23(25)9-13-27-14-10-23/h18-21H,1-17H2. The van der Waals surface area contributed by atoms with Crippen LogP contribution in [0.4, 0.5) is 0 Å². The number of rotatable bonds is 6. The number of nitrogens with zero attached hydrogens (tertiary/aromatic N) is 2. The highest BCUT2D eigenvalue weighted by Gasteiger charge is 2.57. The molecular weight excluding hydrogens is 352 g/mol. The molecule has 3 heterocycles. The number of piperidine rings is 1. The minimum atomic E-state index is 0.216. The van der Waals surface area contributed by atoms with Gasteiger partial charge in [0, 0.05) is 51.9 Å². The van der Waals surface area contributed by atoms with E-state index in [1.807, 2.05) is 0 Å². The molecule has 0 N–H and O–H groups in total. The molecule has 1 atom stereocenters. The van der Waals surface area contributed by atoms with E-state index in [-0.39, 0.29) is 5.54 Å². The van der Waals surface area contributed by atoms with Crippen LogP contribution in [0, 0.1) is 11.8 Å². The molecule has 5 heteroatoms. The average molecular weight is 391 g/mol. The molecular formula is C23H38N2O3. The molecule has 2 aliphatic carbocycles. The zero-order chi connectivity index (χ0) is 19.0. The minimum absolute atomic E-state index is 0.216. The highest BCUT2D eigenvalue weighted by Crippen LogP contribution is 2.45. The number of ether oxygens (including phenoxy) is 2. The van der Waals surface area contributed by atoms with Crippen LogP contribution in [0.3, 0.4) is 0 Å². The summed E-state index contributed by atoms with van der Waals surface area (Å²) in [6.07, 6.45) is 13.6. The van der Waals surface area contributed by atoms with Crippen LogP contribution < -0.4 is 0 Å². The van der Waals surface area contributed by atoms with E-state index in [1.54, 1.807) is 0 Å². The van der Waals surface area contributed by atoms with Crippen molar-refractivity contribution in [3.8, 4) is 0 Å². The first-order chi connectivity index (χ1) is 13.7. The average Bonchev–Trinajstić information content (AvgIpc) is 3.42. The van der Waals surface area contributed by atoms with Crippen molar-refractivity contribution >= 4 is 5.91 Å². The summed E-state index contributed by atoms with van der Waals surface area (Å²) < 4.78 is 12.1. The van der Waals surface area contributed by atoms with Crippen molar-refractivity contribution in [3.63, 3.8) is 0 Å². The van der Waals surface area contributed by atoms with E-state index in [1.165, 1.54) is 38.5 Å². The van der Waals surface area contributed by atoms with Gasteiger partial charge in [-0.1, -0.05) is 12.8 Å². The van der Waals surface area contributed by atoms with E-state index in [4.69, 9.17) is 9.47 Å². The number of carbonyl (C=O) groups is 1. The van der Waals surface area contributed by atoms with E-state index in [0.29, 0.717) is 24.0 Å². The molecule has 2 saturated carbocycles. The molecule has 158 valence electrons. The first-order valence-electron chi connectivity index (χ1n) is 12.0. The van der Waals surface area contributed by atoms with Crippen LogP contribution in [-0.4, -0.2) is 72.8 Å².